The highest BCUT2D eigenvalue weighted by Crippen LogP contribution is 2.25. The first-order valence-corrected chi connectivity index (χ1v) is 8.89. The lowest BCUT2D eigenvalue weighted by molar-refractivity contribution is 0.222. The molecule has 0 radical (unpaired) electrons. The van der Waals surface area contributed by atoms with E-state index in [0.717, 1.165) is 49.6 Å². The third-order valence-electron chi connectivity index (χ3n) is 4.80. The standard InChI is InChI=1S/C18H27N5O.HI/c19-17(20-12-14-5-3-6-14)21-13-15-7-4-8-16(11-15)22-18(24)23-9-1-2-10-23;/h4,7-8,11,14H,1-3,5-6,9-10,12-13H2,(H,22,24)(H3,19,20,21);1H. The van der Waals surface area contributed by atoms with Gasteiger partial charge in [-0.05, 0) is 49.3 Å². The lowest BCUT2D eigenvalue weighted by Crippen LogP contribution is -2.37. The highest BCUT2D eigenvalue weighted by molar-refractivity contribution is 14.0. The van der Waals surface area contributed by atoms with Gasteiger partial charge in [0.25, 0.3) is 0 Å². The fraction of sp³-hybridized carbons (Fsp3) is 0.556. The van der Waals surface area contributed by atoms with Crippen LogP contribution in [0.4, 0.5) is 10.5 Å². The number of anilines is 1. The van der Waals surface area contributed by atoms with Crippen molar-refractivity contribution in [2.45, 2.75) is 38.6 Å². The molecule has 1 saturated heterocycles. The third-order valence-corrected chi connectivity index (χ3v) is 4.80. The normalized spacial score (nSPS) is 17.6. The Bertz CT molecular complexity index is 597. The van der Waals surface area contributed by atoms with Crippen LogP contribution >= 0.6 is 24.0 Å². The molecule has 1 aliphatic carbocycles. The maximum atomic E-state index is 12.1. The number of aliphatic imine (C=N–C) groups is 1. The van der Waals surface area contributed by atoms with Gasteiger partial charge < -0.3 is 21.3 Å². The average Bonchev–Trinajstić information content (AvgIpc) is 3.06. The molecule has 2 fully saturated rings. The number of amides is 2. The Labute approximate surface area is 166 Å². The second-order valence-corrected chi connectivity index (χ2v) is 6.70. The molecule has 2 amide bonds. The van der Waals surface area contributed by atoms with Crippen molar-refractivity contribution in [1.29, 1.82) is 0 Å². The first kappa shape index (κ1) is 19.8. The summed E-state index contributed by atoms with van der Waals surface area (Å²) in [6.07, 6.45) is 6.10. The fourth-order valence-corrected chi connectivity index (χ4v) is 3.05. The van der Waals surface area contributed by atoms with E-state index in [4.69, 9.17) is 5.73 Å². The topological polar surface area (TPSA) is 82.7 Å². The minimum absolute atomic E-state index is 0. The summed E-state index contributed by atoms with van der Waals surface area (Å²) < 4.78 is 0. The SMILES string of the molecule is I.NC(=NCc1cccc(NC(=O)N2CCCC2)c1)NCC1CCC1. The number of likely N-dealkylation sites (tertiary alicyclic amines) is 1. The van der Waals surface area contributed by atoms with Gasteiger partial charge in [0.05, 0.1) is 6.54 Å². The van der Waals surface area contributed by atoms with Gasteiger partial charge >= 0.3 is 6.03 Å². The summed E-state index contributed by atoms with van der Waals surface area (Å²) in [6.45, 7) is 3.12. The van der Waals surface area contributed by atoms with Crippen molar-refractivity contribution in [2.24, 2.45) is 16.6 Å². The molecule has 138 valence electrons. The number of urea groups is 1. The number of nitrogens with two attached hydrogens (primary N) is 1. The van der Waals surface area contributed by atoms with Gasteiger partial charge in [-0.2, -0.15) is 0 Å². The van der Waals surface area contributed by atoms with Crippen LogP contribution in [-0.4, -0.2) is 36.5 Å². The molecule has 0 bridgehead atoms. The third kappa shape index (κ3) is 6.05. The van der Waals surface area contributed by atoms with Crippen LogP contribution in [0.3, 0.4) is 0 Å². The predicted octanol–water partition coefficient (Wildman–Crippen LogP) is 3.14. The van der Waals surface area contributed by atoms with Crippen LogP contribution in [-0.2, 0) is 6.54 Å². The number of hydrogen-bond acceptors (Lipinski definition) is 2. The van der Waals surface area contributed by atoms with E-state index in [2.05, 4.69) is 15.6 Å². The lowest BCUT2D eigenvalue weighted by Gasteiger charge is -2.25. The predicted molar refractivity (Wildman–Crippen MR) is 112 cm³/mol. The van der Waals surface area contributed by atoms with Gasteiger partial charge in [0, 0.05) is 25.3 Å². The summed E-state index contributed by atoms with van der Waals surface area (Å²) in [7, 11) is 0. The van der Waals surface area contributed by atoms with E-state index < -0.39 is 0 Å². The van der Waals surface area contributed by atoms with Crippen molar-refractivity contribution in [3.05, 3.63) is 29.8 Å². The van der Waals surface area contributed by atoms with E-state index in [1.54, 1.807) is 0 Å². The number of carbonyl (C=O) groups excluding carboxylic acids is 1. The second-order valence-electron chi connectivity index (χ2n) is 6.70. The van der Waals surface area contributed by atoms with E-state index >= 15 is 0 Å². The molecule has 0 spiro atoms. The molecule has 3 rings (SSSR count). The van der Waals surface area contributed by atoms with Crippen LogP contribution in [0.25, 0.3) is 0 Å². The van der Waals surface area contributed by atoms with Crippen LogP contribution in [0.15, 0.2) is 29.3 Å². The number of rotatable bonds is 5. The van der Waals surface area contributed by atoms with Crippen molar-refractivity contribution in [1.82, 2.24) is 10.2 Å². The van der Waals surface area contributed by atoms with Crippen LogP contribution in [0.1, 0.15) is 37.7 Å². The number of carbonyl (C=O) groups is 1. The quantitative estimate of drug-likeness (QED) is 0.361. The molecule has 1 aromatic carbocycles. The Morgan fingerprint density at radius 3 is 2.68 bits per heavy atom. The maximum absolute atomic E-state index is 12.1. The summed E-state index contributed by atoms with van der Waals surface area (Å²) in [5.74, 6) is 1.25. The average molecular weight is 457 g/mol. The van der Waals surface area contributed by atoms with E-state index in [1.165, 1.54) is 19.3 Å². The van der Waals surface area contributed by atoms with Crippen molar-refractivity contribution in [3.8, 4) is 0 Å². The Balaban J connectivity index is 0.00000225. The monoisotopic (exact) mass is 457 g/mol. The van der Waals surface area contributed by atoms with Gasteiger partial charge in [-0.3, -0.25) is 0 Å². The summed E-state index contributed by atoms with van der Waals surface area (Å²) >= 11 is 0. The Hall–Kier alpha value is -1.51. The summed E-state index contributed by atoms with van der Waals surface area (Å²) in [5.41, 5.74) is 7.75. The summed E-state index contributed by atoms with van der Waals surface area (Å²) in [5, 5.41) is 6.15. The number of guanidine groups is 1. The zero-order valence-corrected chi connectivity index (χ0v) is 16.9. The van der Waals surface area contributed by atoms with Gasteiger partial charge in [0.15, 0.2) is 5.96 Å². The smallest absolute Gasteiger partial charge is 0.321 e. The number of halogens is 1. The van der Waals surface area contributed by atoms with E-state index in [9.17, 15) is 4.79 Å². The first-order valence-electron chi connectivity index (χ1n) is 8.89. The van der Waals surface area contributed by atoms with Crippen LogP contribution in [0, 0.1) is 5.92 Å². The molecule has 1 aliphatic heterocycles. The molecule has 6 nitrogen and oxygen atoms in total. The summed E-state index contributed by atoms with van der Waals surface area (Å²) in [6, 6.07) is 7.77. The minimum atomic E-state index is -0.0187. The highest BCUT2D eigenvalue weighted by Gasteiger charge is 2.18. The van der Waals surface area contributed by atoms with E-state index in [1.807, 2.05) is 29.2 Å². The van der Waals surface area contributed by atoms with Crippen LogP contribution < -0.4 is 16.4 Å². The largest absolute Gasteiger partial charge is 0.370 e. The molecule has 0 atom stereocenters. The highest BCUT2D eigenvalue weighted by atomic mass is 127. The Morgan fingerprint density at radius 1 is 1.24 bits per heavy atom. The molecule has 1 aromatic rings. The first-order chi connectivity index (χ1) is 11.7. The molecule has 0 aromatic heterocycles. The van der Waals surface area contributed by atoms with Gasteiger partial charge in [0.1, 0.15) is 0 Å². The van der Waals surface area contributed by atoms with Crippen LogP contribution in [0.2, 0.25) is 0 Å². The van der Waals surface area contributed by atoms with Crippen LogP contribution in [0.5, 0.6) is 0 Å². The molecule has 4 N–H and O–H groups in total. The molecular formula is C18H28IN5O. The zero-order valence-electron chi connectivity index (χ0n) is 14.5. The number of benzene rings is 1. The van der Waals surface area contributed by atoms with Crippen molar-refractivity contribution in [3.63, 3.8) is 0 Å². The van der Waals surface area contributed by atoms with Gasteiger partial charge in [-0.25, -0.2) is 9.79 Å². The molecule has 0 unspecified atom stereocenters. The van der Waals surface area contributed by atoms with Gasteiger partial charge in [-0.1, -0.05) is 18.6 Å². The summed E-state index contributed by atoms with van der Waals surface area (Å²) in [4.78, 5) is 18.4. The van der Waals surface area contributed by atoms with Gasteiger partial charge in [0.2, 0.25) is 0 Å². The molecular weight excluding hydrogens is 429 g/mol. The van der Waals surface area contributed by atoms with Gasteiger partial charge in [-0.15, -0.1) is 24.0 Å². The molecule has 25 heavy (non-hydrogen) atoms. The van der Waals surface area contributed by atoms with E-state index in [-0.39, 0.29) is 30.0 Å². The fourth-order valence-electron chi connectivity index (χ4n) is 3.05. The molecule has 1 heterocycles. The Morgan fingerprint density at radius 2 is 2.00 bits per heavy atom. The van der Waals surface area contributed by atoms with Crippen molar-refractivity contribution in [2.75, 3.05) is 25.0 Å². The van der Waals surface area contributed by atoms with Crippen molar-refractivity contribution >= 4 is 41.7 Å². The Kier molecular flexibility index (Phi) is 7.80. The maximum Gasteiger partial charge on any atom is 0.321 e. The number of nitrogens with one attached hydrogen (secondary N) is 2. The van der Waals surface area contributed by atoms with E-state index in [0.29, 0.717) is 12.5 Å². The zero-order chi connectivity index (χ0) is 16.8. The number of hydrogen-bond donors (Lipinski definition) is 3. The molecule has 2 aliphatic rings. The lowest BCUT2D eigenvalue weighted by atomic mass is 9.85. The van der Waals surface area contributed by atoms with Crippen molar-refractivity contribution < 1.29 is 4.79 Å². The minimum Gasteiger partial charge on any atom is -0.370 e. The molecule has 1 saturated carbocycles. The molecule has 7 heteroatoms. The number of nitrogens with zero attached hydrogens (tertiary/aromatic N) is 2. The second kappa shape index (κ2) is 9.84.